The first kappa shape index (κ1) is 21.8. The van der Waals surface area contributed by atoms with Crippen LogP contribution in [0, 0.1) is 0 Å². The minimum Gasteiger partial charge on any atom is -0.490 e. The Balaban J connectivity index is 1.56. The van der Waals surface area contributed by atoms with E-state index in [0.717, 1.165) is 31.4 Å². The Morgan fingerprint density at radius 2 is 2.11 bits per heavy atom. The van der Waals surface area contributed by atoms with Crippen LogP contribution in [0.3, 0.4) is 0 Å². The standard InChI is InChI=1S/C21H34NO5P/c1-2-3-4-5-6-19-9-7-17-13-16(8-10-20(17)27-19)18-11-12-21(22,14-18)15-26-28(23,24)25/h8,10,13,18-19H,2-7,9,11-12,14-15,22H2,1H3,(H2,23,24,25). The first-order valence-corrected chi connectivity index (χ1v) is 12.1. The third-order valence-corrected chi connectivity index (χ3v) is 6.59. The fourth-order valence-corrected chi connectivity index (χ4v) is 4.93. The predicted octanol–water partition coefficient (Wildman–Crippen LogP) is 4.42. The number of phosphoric acid groups is 1. The molecule has 0 saturated heterocycles. The Bertz CT molecular complexity index is 706. The molecule has 1 aromatic carbocycles. The van der Waals surface area contributed by atoms with E-state index in [2.05, 4.69) is 29.6 Å². The molecule has 28 heavy (non-hydrogen) atoms. The Hall–Kier alpha value is -0.910. The minimum absolute atomic E-state index is 0.110. The highest BCUT2D eigenvalue weighted by Gasteiger charge is 2.38. The molecule has 6 nitrogen and oxygen atoms in total. The van der Waals surface area contributed by atoms with Gasteiger partial charge in [-0.1, -0.05) is 38.3 Å². The Morgan fingerprint density at radius 1 is 1.29 bits per heavy atom. The molecule has 3 atom stereocenters. The van der Waals surface area contributed by atoms with Crippen molar-refractivity contribution in [3.8, 4) is 5.75 Å². The van der Waals surface area contributed by atoms with E-state index in [4.69, 9.17) is 20.3 Å². The number of unbranched alkanes of at least 4 members (excludes halogenated alkanes) is 3. The summed E-state index contributed by atoms with van der Waals surface area (Å²) in [5.74, 6) is 1.31. The van der Waals surface area contributed by atoms with Crippen LogP contribution >= 0.6 is 7.82 Å². The van der Waals surface area contributed by atoms with Gasteiger partial charge < -0.3 is 20.3 Å². The average Bonchev–Trinajstić information content (AvgIpc) is 3.05. The largest absolute Gasteiger partial charge is 0.490 e. The quantitative estimate of drug-likeness (QED) is 0.411. The highest BCUT2D eigenvalue weighted by molar-refractivity contribution is 7.46. The molecule has 1 aliphatic carbocycles. The average molecular weight is 411 g/mol. The van der Waals surface area contributed by atoms with Gasteiger partial charge in [0.2, 0.25) is 0 Å². The molecule has 1 saturated carbocycles. The molecule has 0 spiro atoms. The number of hydrogen-bond acceptors (Lipinski definition) is 4. The number of ether oxygens (including phenoxy) is 1. The van der Waals surface area contributed by atoms with Crippen molar-refractivity contribution < 1.29 is 23.6 Å². The van der Waals surface area contributed by atoms with Crippen LogP contribution in [-0.2, 0) is 15.5 Å². The lowest BCUT2D eigenvalue weighted by Crippen LogP contribution is -2.41. The first-order chi connectivity index (χ1) is 13.3. The highest BCUT2D eigenvalue weighted by Crippen LogP contribution is 2.44. The van der Waals surface area contributed by atoms with Crippen LogP contribution in [0.1, 0.15) is 81.8 Å². The summed E-state index contributed by atoms with van der Waals surface area (Å²) >= 11 is 0. The van der Waals surface area contributed by atoms with Crippen molar-refractivity contribution >= 4 is 7.82 Å². The lowest BCUT2D eigenvalue weighted by atomic mass is 9.90. The molecule has 0 bridgehead atoms. The van der Waals surface area contributed by atoms with E-state index < -0.39 is 13.4 Å². The summed E-state index contributed by atoms with van der Waals surface area (Å²) in [5, 5.41) is 0. The zero-order valence-corrected chi connectivity index (χ0v) is 17.7. The number of rotatable bonds is 9. The summed E-state index contributed by atoms with van der Waals surface area (Å²) in [4.78, 5) is 17.9. The number of phosphoric ester groups is 1. The fourth-order valence-electron chi connectivity index (χ4n) is 4.51. The van der Waals surface area contributed by atoms with Gasteiger partial charge in [0.05, 0.1) is 12.7 Å². The van der Waals surface area contributed by atoms with Crippen molar-refractivity contribution in [3.05, 3.63) is 29.3 Å². The van der Waals surface area contributed by atoms with E-state index in [1.807, 2.05) is 0 Å². The van der Waals surface area contributed by atoms with E-state index in [9.17, 15) is 4.57 Å². The van der Waals surface area contributed by atoms with Crippen LogP contribution in [0.15, 0.2) is 18.2 Å². The van der Waals surface area contributed by atoms with Crippen molar-refractivity contribution in [1.29, 1.82) is 0 Å². The highest BCUT2D eigenvalue weighted by atomic mass is 31.2. The Labute approximate surface area is 168 Å². The number of benzene rings is 1. The lowest BCUT2D eigenvalue weighted by molar-refractivity contribution is 0.153. The number of nitrogens with two attached hydrogens (primary N) is 1. The molecule has 2 aliphatic rings. The molecule has 3 rings (SSSR count). The number of aryl methyl sites for hydroxylation is 1. The van der Waals surface area contributed by atoms with Crippen molar-refractivity contribution in [2.75, 3.05) is 6.61 Å². The van der Waals surface area contributed by atoms with E-state index in [-0.39, 0.29) is 6.61 Å². The summed E-state index contributed by atoms with van der Waals surface area (Å²) in [6.07, 6.45) is 11.0. The smallest absolute Gasteiger partial charge is 0.469 e. The summed E-state index contributed by atoms with van der Waals surface area (Å²) < 4.78 is 21.9. The summed E-state index contributed by atoms with van der Waals surface area (Å²) in [5.41, 5.74) is 8.16. The summed E-state index contributed by atoms with van der Waals surface area (Å²) in [7, 11) is -4.48. The van der Waals surface area contributed by atoms with Crippen LogP contribution in [0.25, 0.3) is 0 Å². The lowest BCUT2D eigenvalue weighted by Gasteiger charge is -2.27. The van der Waals surface area contributed by atoms with Gasteiger partial charge in [-0.05, 0) is 68.1 Å². The topological polar surface area (TPSA) is 102 Å². The molecular weight excluding hydrogens is 377 g/mol. The molecule has 1 fully saturated rings. The van der Waals surface area contributed by atoms with Crippen LogP contribution in [0.5, 0.6) is 5.75 Å². The monoisotopic (exact) mass is 411 g/mol. The van der Waals surface area contributed by atoms with Gasteiger partial charge in [-0.2, -0.15) is 0 Å². The van der Waals surface area contributed by atoms with E-state index in [0.29, 0.717) is 24.9 Å². The van der Waals surface area contributed by atoms with E-state index in [1.54, 1.807) is 0 Å². The van der Waals surface area contributed by atoms with Crippen LogP contribution in [0.2, 0.25) is 0 Å². The summed E-state index contributed by atoms with van der Waals surface area (Å²) in [6.45, 7) is 2.12. The van der Waals surface area contributed by atoms with Crippen molar-refractivity contribution in [2.45, 2.75) is 88.7 Å². The molecule has 7 heteroatoms. The van der Waals surface area contributed by atoms with E-state index >= 15 is 0 Å². The molecule has 1 heterocycles. The van der Waals surface area contributed by atoms with Crippen LogP contribution in [0.4, 0.5) is 0 Å². The molecule has 0 aromatic heterocycles. The summed E-state index contributed by atoms with van der Waals surface area (Å²) in [6, 6.07) is 6.45. The maximum atomic E-state index is 11.0. The molecule has 158 valence electrons. The van der Waals surface area contributed by atoms with Gasteiger partial charge in [0.1, 0.15) is 5.75 Å². The number of fused-ring (bicyclic) bond motifs is 1. The van der Waals surface area contributed by atoms with Gasteiger partial charge in [-0.15, -0.1) is 0 Å². The number of hydrogen-bond donors (Lipinski definition) is 3. The normalized spacial score (nSPS) is 27.4. The van der Waals surface area contributed by atoms with Gasteiger partial charge in [-0.3, -0.25) is 4.52 Å². The maximum absolute atomic E-state index is 11.0. The molecule has 4 N–H and O–H groups in total. The maximum Gasteiger partial charge on any atom is 0.469 e. The molecule has 0 radical (unpaired) electrons. The molecule has 0 amide bonds. The first-order valence-electron chi connectivity index (χ1n) is 10.6. The predicted molar refractivity (Wildman–Crippen MR) is 109 cm³/mol. The Morgan fingerprint density at radius 3 is 2.86 bits per heavy atom. The van der Waals surface area contributed by atoms with Gasteiger partial charge in [0.15, 0.2) is 0 Å². The SMILES string of the molecule is CCCCCCC1CCc2cc(C3CCC(N)(COP(=O)(O)O)C3)ccc2O1. The molecule has 1 aliphatic heterocycles. The second-order valence-corrected chi connectivity index (χ2v) is 9.80. The zero-order valence-electron chi connectivity index (χ0n) is 16.8. The molecule has 3 unspecified atom stereocenters. The van der Waals surface area contributed by atoms with Crippen molar-refractivity contribution in [2.24, 2.45) is 5.73 Å². The minimum atomic E-state index is -4.48. The third kappa shape index (κ3) is 6.04. The fraction of sp³-hybridized carbons (Fsp3) is 0.714. The van der Waals surface area contributed by atoms with Gasteiger partial charge in [0.25, 0.3) is 0 Å². The van der Waals surface area contributed by atoms with Gasteiger partial charge in [0, 0.05) is 5.54 Å². The zero-order chi connectivity index (χ0) is 20.2. The van der Waals surface area contributed by atoms with Gasteiger partial charge >= 0.3 is 7.82 Å². The molecular formula is C21H34NO5P. The Kier molecular flexibility index (Phi) is 7.21. The van der Waals surface area contributed by atoms with Crippen LogP contribution < -0.4 is 10.5 Å². The van der Waals surface area contributed by atoms with Crippen molar-refractivity contribution in [3.63, 3.8) is 0 Å². The second kappa shape index (κ2) is 9.27. The van der Waals surface area contributed by atoms with Gasteiger partial charge in [-0.25, -0.2) is 4.57 Å². The molecule has 1 aromatic rings. The van der Waals surface area contributed by atoms with Crippen molar-refractivity contribution in [1.82, 2.24) is 0 Å². The second-order valence-electron chi connectivity index (χ2n) is 8.56. The van der Waals surface area contributed by atoms with E-state index in [1.165, 1.54) is 36.8 Å². The third-order valence-electron chi connectivity index (χ3n) is 6.13. The van der Waals surface area contributed by atoms with Crippen LogP contribution in [-0.4, -0.2) is 28.0 Å².